The maximum Gasteiger partial charge on any atom is 0.472 e. The molecule has 0 aromatic rings. The van der Waals surface area contributed by atoms with Crippen LogP contribution in [0.2, 0.25) is 0 Å². The van der Waals surface area contributed by atoms with Crippen LogP contribution in [0.3, 0.4) is 0 Å². The average molecular weight is 830 g/mol. The van der Waals surface area contributed by atoms with Gasteiger partial charge in [-0.2, -0.15) is 0 Å². The molecular weight excluding hydrogens is 737 g/mol. The van der Waals surface area contributed by atoms with Crippen LogP contribution in [0.4, 0.5) is 0 Å². The smallest absolute Gasteiger partial charge is 0.463 e. The highest BCUT2D eigenvalue weighted by Crippen LogP contribution is 2.42. The summed E-state index contributed by atoms with van der Waals surface area (Å²) in [5.74, 6) is -0.507. The normalized spacial score (nSPS) is 13.3. The highest BCUT2D eigenvalue weighted by molar-refractivity contribution is 7.47. The Bertz CT molecular complexity index is 948. The number of hydrogen-bond acceptors (Lipinski definition) is 7. The molecule has 0 heterocycles. The van der Waals surface area contributed by atoms with Crippen LogP contribution < -0.4 is 5.32 Å². The number of nitrogens with one attached hydrogen (secondary N) is 1. The summed E-state index contributed by atoms with van der Waals surface area (Å²) < 4.78 is 26.9. The molecule has 0 aromatic carbocycles. The third-order valence-electron chi connectivity index (χ3n) is 10.7. The quantitative estimate of drug-likeness (QED) is 0.0239. The number of rotatable bonds is 46. The lowest BCUT2D eigenvalue weighted by atomic mass is 10.0. The molecule has 0 saturated heterocycles. The Labute approximate surface area is 351 Å². The van der Waals surface area contributed by atoms with Gasteiger partial charge in [0.15, 0.2) is 0 Å². The van der Waals surface area contributed by atoms with Gasteiger partial charge in [0.05, 0.1) is 13.2 Å². The molecule has 2 unspecified atom stereocenters. The van der Waals surface area contributed by atoms with Crippen molar-refractivity contribution in [2.75, 3.05) is 26.4 Å². The molecule has 2 atom stereocenters. The predicted octanol–water partition coefficient (Wildman–Crippen LogP) is 13.8. The molecule has 3 N–H and O–H groups in total. The number of esters is 1. The molecule has 0 rings (SSSR count). The summed E-state index contributed by atoms with van der Waals surface area (Å²) in [7, 11) is -4.41. The summed E-state index contributed by atoms with van der Waals surface area (Å²) in [5, 5.41) is 12.7. The fraction of sp³-hybridized carbons (Fsp3) is 0.915. The molecule has 0 spiro atoms. The van der Waals surface area contributed by atoms with Crippen LogP contribution in [-0.4, -0.2) is 54.3 Å². The number of carbonyl (C=O) groups is 2. The van der Waals surface area contributed by atoms with E-state index in [-0.39, 0.29) is 32.1 Å². The fourth-order valence-electron chi connectivity index (χ4n) is 7.02. The van der Waals surface area contributed by atoms with Crippen molar-refractivity contribution in [3.63, 3.8) is 0 Å². The zero-order valence-electron chi connectivity index (χ0n) is 37.3. The van der Waals surface area contributed by atoms with Crippen molar-refractivity contribution in [2.45, 2.75) is 251 Å². The molecule has 0 aliphatic carbocycles. The number of amides is 1. The molecule has 0 radical (unpaired) electrons. The van der Waals surface area contributed by atoms with Gasteiger partial charge in [-0.15, -0.1) is 0 Å². The van der Waals surface area contributed by atoms with Crippen molar-refractivity contribution < 1.29 is 37.9 Å². The molecule has 0 aliphatic rings. The van der Waals surface area contributed by atoms with E-state index >= 15 is 0 Å². The van der Waals surface area contributed by atoms with Crippen LogP contribution >= 0.6 is 7.82 Å². The molecule has 57 heavy (non-hydrogen) atoms. The van der Waals surface area contributed by atoms with Gasteiger partial charge in [-0.25, -0.2) is 4.57 Å². The van der Waals surface area contributed by atoms with Crippen molar-refractivity contribution in [1.82, 2.24) is 5.32 Å². The van der Waals surface area contributed by atoms with E-state index in [1.54, 1.807) is 0 Å². The van der Waals surface area contributed by atoms with Gasteiger partial charge in [-0.05, 0) is 38.5 Å². The van der Waals surface area contributed by atoms with Crippen LogP contribution in [0.5, 0.6) is 0 Å². The molecule has 0 bridgehead atoms. The van der Waals surface area contributed by atoms with Gasteiger partial charge in [-0.3, -0.25) is 18.6 Å². The topological polar surface area (TPSA) is 131 Å². The molecule has 0 saturated carbocycles. The number of phosphoric acid groups is 1. The van der Waals surface area contributed by atoms with E-state index in [4.69, 9.17) is 13.8 Å². The Morgan fingerprint density at radius 2 is 0.895 bits per heavy atom. The molecule has 1 amide bonds. The largest absolute Gasteiger partial charge is 0.472 e. The Morgan fingerprint density at radius 1 is 0.526 bits per heavy atom. The Kier molecular flexibility index (Phi) is 43.3. The van der Waals surface area contributed by atoms with Gasteiger partial charge >= 0.3 is 13.8 Å². The number of carbonyl (C=O) groups excluding carboxylic acids is 2. The highest BCUT2D eigenvalue weighted by atomic mass is 31.2. The number of unbranched alkanes of at least 4 members (excludes halogenated alkanes) is 31. The molecule has 10 heteroatoms. The molecule has 0 fully saturated rings. The van der Waals surface area contributed by atoms with Gasteiger partial charge in [0.25, 0.3) is 0 Å². The first-order valence-electron chi connectivity index (χ1n) is 24.2. The Balaban J connectivity index is 3.54. The van der Waals surface area contributed by atoms with Crippen LogP contribution in [0, 0.1) is 0 Å². The number of phosphoric ester groups is 1. The van der Waals surface area contributed by atoms with Gasteiger partial charge in [0.1, 0.15) is 12.7 Å². The number of allylic oxidation sites excluding steroid dienone is 2. The number of hydrogen-bond donors (Lipinski definition) is 3. The number of ether oxygens (including phenoxy) is 1. The summed E-state index contributed by atoms with van der Waals surface area (Å²) in [6.45, 7) is 3.59. The summed E-state index contributed by atoms with van der Waals surface area (Å²) in [5.41, 5.74) is 0. The minimum atomic E-state index is -4.41. The second kappa shape index (κ2) is 44.3. The maximum absolute atomic E-state index is 12.1. The van der Waals surface area contributed by atoms with Crippen molar-refractivity contribution in [3.8, 4) is 0 Å². The first kappa shape index (κ1) is 55.8. The first-order chi connectivity index (χ1) is 27.8. The van der Waals surface area contributed by atoms with Gasteiger partial charge in [0.2, 0.25) is 5.91 Å². The van der Waals surface area contributed by atoms with Crippen molar-refractivity contribution in [2.24, 2.45) is 0 Å². The third kappa shape index (κ3) is 45.7. The summed E-state index contributed by atoms with van der Waals surface area (Å²) in [6, 6.07) is 0. The number of aliphatic hydroxyl groups is 1. The van der Waals surface area contributed by atoms with E-state index in [2.05, 4.69) is 31.3 Å². The van der Waals surface area contributed by atoms with E-state index in [0.717, 1.165) is 38.5 Å². The van der Waals surface area contributed by atoms with E-state index in [1.807, 2.05) is 0 Å². The van der Waals surface area contributed by atoms with Crippen molar-refractivity contribution in [1.29, 1.82) is 0 Å². The SMILES string of the molecule is CCCCCCCC/C=C/CCCCCCCCCCCC(=O)NCCOP(=O)(O)OCC(O)COC(=O)CCCCCCCCCCCCCCCCCCC. The standard InChI is InChI=1S/C47H92NO8P/c1-3-5-7-9-11-13-15-17-19-21-22-24-25-27-29-31-33-35-37-39-46(50)48-41-42-55-57(52,53)56-44-45(49)43-54-47(51)40-38-36-34-32-30-28-26-23-20-18-16-14-12-10-8-6-4-2/h17,19,45,49H,3-16,18,20-44H2,1-2H3,(H,48,50)(H,52,53)/b19-17+. The minimum absolute atomic E-state index is 0.0846. The summed E-state index contributed by atoms with van der Waals surface area (Å²) >= 11 is 0. The molecule has 9 nitrogen and oxygen atoms in total. The van der Waals surface area contributed by atoms with E-state index in [0.29, 0.717) is 6.42 Å². The Hall–Kier alpha value is -1.25. The highest BCUT2D eigenvalue weighted by Gasteiger charge is 2.23. The molecule has 338 valence electrons. The molecule has 0 aromatic heterocycles. The van der Waals surface area contributed by atoms with Crippen LogP contribution in [-0.2, 0) is 27.9 Å². The average Bonchev–Trinajstić information content (AvgIpc) is 3.20. The monoisotopic (exact) mass is 830 g/mol. The van der Waals surface area contributed by atoms with Crippen molar-refractivity contribution >= 4 is 19.7 Å². The fourth-order valence-corrected chi connectivity index (χ4v) is 7.78. The number of aliphatic hydroxyl groups excluding tert-OH is 1. The second-order valence-corrected chi connectivity index (χ2v) is 17.9. The summed E-state index contributed by atoms with van der Waals surface area (Å²) in [6.07, 6.45) is 47.1. The van der Waals surface area contributed by atoms with Crippen LogP contribution in [0.1, 0.15) is 245 Å². The van der Waals surface area contributed by atoms with Gasteiger partial charge in [0, 0.05) is 19.4 Å². The Morgan fingerprint density at radius 3 is 1.32 bits per heavy atom. The summed E-state index contributed by atoms with van der Waals surface area (Å²) in [4.78, 5) is 34.0. The molecule has 0 aliphatic heterocycles. The third-order valence-corrected chi connectivity index (χ3v) is 11.7. The van der Waals surface area contributed by atoms with E-state index in [1.165, 1.54) is 180 Å². The predicted molar refractivity (Wildman–Crippen MR) is 238 cm³/mol. The lowest BCUT2D eigenvalue weighted by Gasteiger charge is -2.15. The second-order valence-electron chi connectivity index (χ2n) is 16.4. The van der Waals surface area contributed by atoms with E-state index in [9.17, 15) is 24.2 Å². The van der Waals surface area contributed by atoms with Crippen LogP contribution in [0.15, 0.2) is 12.2 Å². The zero-order valence-corrected chi connectivity index (χ0v) is 38.2. The lowest BCUT2D eigenvalue weighted by Crippen LogP contribution is -2.27. The zero-order chi connectivity index (χ0) is 41.8. The lowest BCUT2D eigenvalue weighted by molar-refractivity contribution is -0.147. The molecular formula is C47H92NO8P. The first-order valence-corrected chi connectivity index (χ1v) is 25.7. The van der Waals surface area contributed by atoms with Crippen LogP contribution in [0.25, 0.3) is 0 Å². The van der Waals surface area contributed by atoms with Gasteiger partial charge in [-0.1, -0.05) is 206 Å². The minimum Gasteiger partial charge on any atom is -0.463 e. The van der Waals surface area contributed by atoms with Gasteiger partial charge < -0.3 is 20.1 Å². The van der Waals surface area contributed by atoms with E-state index < -0.39 is 26.5 Å². The maximum atomic E-state index is 12.1. The van der Waals surface area contributed by atoms with Crippen molar-refractivity contribution in [3.05, 3.63) is 12.2 Å².